The fourth-order valence-electron chi connectivity index (χ4n) is 2.33. The number of carbonyl (C=O) groups excluding carboxylic acids is 1. The summed E-state index contributed by atoms with van der Waals surface area (Å²) in [5.74, 6) is 2.02. The molecule has 1 aromatic rings. The Hall–Kier alpha value is -0.900. The third kappa shape index (κ3) is 1.67. The van der Waals surface area contributed by atoms with E-state index >= 15 is 0 Å². The van der Waals surface area contributed by atoms with Gasteiger partial charge in [0.05, 0.1) is 11.1 Å². The Morgan fingerprint density at radius 2 is 2.47 bits per heavy atom. The minimum Gasteiger partial charge on any atom is -0.348 e. The van der Waals surface area contributed by atoms with E-state index in [1.54, 1.807) is 13.1 Å². The molecule has 0 N–H and O–H groups in total. The molecule has 15 heavy (non-hydrogen) atoms. The van der Waals surface area contributed by atoms with E-state index in [4.69, 9.17) is 0 Å². The lowest BCUT2D eigenvalue weighted by Crippen LogP contribution is -2.30. The highest BCUT2D eigenvalue weighted by molar-refractivity contribution is 7.17. The van der Waals surface area contributed by atoms with E-state index in [0.717, 1.165) is 34.9 Å². The van der Waals surface area contributed by atoms with Crippen molar-refractivity contribution in [3.05, 3.63) is 11.1 Å². The van der Waals surface area contributed by atoms with Crippen LogP contribution in [0.25, 0.3) is 0 Å². The van der Waals surface area contributed by atoms with Crippen molar-refractivity contribution in [2.24, 2.45) is 11.8 Å². The molecular formula is C11H14N2OS. The number of carbonyl (C=O) groups is 1. The van der Waals surface area contributed by atoms with Gasteiger partial charge in [-0.05, 0) is 24.7 Å². The smallest absolute Gasteiger partial charge is 0.185 e. The summed E-state index contributed by atoms with van der Waals surface area (Å²) in [4.78, 5) is 18.6. The number of thiazole rings is 1. The molecule has 1 aromatic heterocycles. The molecular weight excluding hydrogens is 208 g/mol. The SMILES string of the molecule is CC(=O)c1cnc(N2CCC3CC3C2)s1. The Labute approximate surface area is 93.1 Å². The van der Waals surface area contributed by atoms with Crippen molar-refractivity contribution in [3.8, 4) is 0 Å². The van der Waals surface area contributed by atoms with Gasteiger partial charge in [-0.25, -0.2) is 4.98 Å². The number of nitrogens with zero attached hydrogens (tertiary/aromatic N) is 2. The second-order valence-corrected chi connectivity index (χ2v) is 5.56. The summed E-state index contributed by atoms with van der Waals surface area (Å²) in [6.45, 7) is 3.87. The van der Waals surface area contributed by atoms with E-state index in [1.807, 2.05) is 0 Å². The average molecular weight is 222 g/mol. The van der Waals surface area contributed by atoms with Gasteiger partial charge in [0.25, 0.3) is 0 Å². The van der Waals surface area contributed by atoms with Gasteiger partial charge in [-0.2, -0.15) is 0 Å². The fraction of sp³-hybridized carbons (Fsp3) is 0.636. The normalized spacial score (nSPS) is 28.7. The van der Waals surface area contributed by atoms with Gasteiger partial charge in [0.1, 0.15) is 0 Å². The molecule has 2 heterocycles. The van der Waals surface area contributed by atoms with Crippen LogP contribution in [0.3, 0.4) is 0 Å². The summed E-state index contributed by atoms with van der Waals surface area (Å²) in [5.41, 5.74) is 0. The van der Waals surface area contributed by atoms with E-state index in [0.29, 0.717) is 0 Å². The molecule has 3 rings (SSSR count). The minimum absolute atomic E-state index is 0.125. The first-order valence-corrected chi connectivity index (χ1v) is 6.27. The number of hydrogen-bond acceptors (Lipinski definition) is 4. The number of ketones is 1. The van der Waals surface area contributed by atoms with Crippen LogP contribution in [0.15, 0.2) is 6.20 Å². The molecule has 1 aliphatic carbocycles. The maximum Gasteiger partial charge on any atom is 0.185 e. The van der Waals surface area contributed by atoms with Crippen molar-refractivity contribution in [1.82, 2.24) is 4.98 Å². The summed E-state index contributed by atoms with van der Waals surface area (Å²) in [7, 11) is 0. The summed E-state index contributed by atoms with van der Waals surface area (Å²) >= 11 is 1.53. The molecule has 3 nitrogen and oxygen atoms in total. The summed E-state index contributed by atoms with van der Waals surface area (Å²) < 4.78 is 0. The minimum atomic E-state index is 0.125. The lowest BCUT2D eigenvalue weighted by molar-refractivity contribution is 0.102. The predicted octanol–water partition coefficient (Wildman–Crippen LogP) is 2.19. The molecule has 2 atom stereocenters. The number of anilines is 1. The number of rotatable bonds is 2. The van der Waals surface area contributed by atoms with E-state index < -0.39 is 0 Å². The molecule has 2 aliphatic rings. The molecule has 0 radical (unpaired) electrons. The van der Waals surface area contributed by atoms with Crippen molar-refractivity contribution in [2.75, 3.05) is 18.0 Å². The van der Waals surface area contributed by atoms with Crippen LogP contribution >= 0.6 is 11.3 Å². The van der Waals surface area contributed by atoms with Crippen molar-refractivity contribution >= 4 is 22.3 Å². The third-order valence-corrected chi connectivity index (χ3v) is 4.56. The Balaban J connectivity index is 1.77. The first-order valence-electron chi connectivity index (χ1n) is 5.46. The zero-order valence-corrected chi connectivity index (χ0v) is 9.59. The Morgan fingerprint density at radius 1 is 1.60 bits per heavy atom. The van der Waals surface area contributed by atoms with Gasteiger partial charge in [0.15, 0.2) is 10.9 Å². The quantitative estimate of drug-likeness (QED) is 0.719. The van der Waals surface area contributed by atoms with E-state index in [9.17, 15) is 4.79 Å². The summed E-state index contributed by atoms with van der Waals surface area (Å²) in [6, 6.07) is 0. The van der Waals surface area contributed by atoms with Crippen LogP contribution in [0, 0.1) is 11.8 Å². The molecule has 2 unspecified atom stereocenters. The monoisotopic (exact) mass is 222 g/mol. The molecule has 4 heteroatoms. The fourth-order valence-corrected chi connectivity index (χ4v) is 3.18. The third-order valence-electron chi connectivity index (χ3n) is 3.40. The zero-order chi connectivity index (χ0) is 10.4. The molecule has 1 saturated carbocycles. The lowest BCUT2D eigenvalue weighted by Gasteiger charge is -2.25. The average Bonchev–Trinajstić information content (AvgIpc) is 2.82. The summed E-state index contributed by atoms with van der Waals surface area (Å²) in [6.07, 6.45) is 4.42. The molecule has 0 spiro atoms. The van der Waals surface area contributed by atoms with E-state index in [2.05, 4.69) is 9.88 Å². The van der Waals surface area contributed by atoms with E-state index in [1.165, 1.54) is 24.2 Å². The Bertz CT molecular complexity index is 401. The number of hydrogen-bond donors (Lipinski definition) is 0. The number of Topliss-reactive ketones (excluding diaryl/α,β-unsaturated/α-hetero) is 1. The highest BCUT2D eigenvalue weighted by atomic mass is 32.1. The van der Waals surface area contributed by atoms with Crippen molar-refractivity contribution in [2.45, 2.75) is 19.8 Å². The largest absolute Gasteiger partial charge is 0.348 e. The van der Waals surface area contributed by atoms with Gasteiger partial charge >= 0.3 is 0 Å². The van der Waals surface area contributed by atoms with Crippen LogP contribution in [0.2, 0.25) is 0 Å². The van der Waals surface area contributed by atoms with Gasteiger partial charge in [-0.3, -0.25) is 4.79 Å². The van der Waals surface area contributed by atoms with Crippen molar-refractivity contribution in [1.29, 1.82) is 0 Å². The highest BCUT2D eigenvalue weighted by Gasteiger charge is 2.41. The molecule has 1 aliphatic heterocycles. The Kier molecular flexibility index (Phi) is 2.06. The highest BCUT2D eigenvalue weighted by Crippen LogP contribution is 2.46. The number of fused-ring (bicyclic) bond motifs is 1. The van der Waals surface area contributed by atoms with Crippen LogP contribution in [0.4, 0.5) is 5.13 Å². The number of piperidine rings is 1. The Morgan fingerprint density at radius 3 is 3.13 bits per heavy atom. The molecule has 2 fully saturated rings. The predicted molar refractivity (Wildman–Crippen MR) is 60.5 cm³/mol. The van der Waals surface area contributed by atoms with Crippen molar-refractivity contribution in [3.63, 3.8) is 0 Å². The van der Waals surface area contributed by atoms with Crippen LogP contribution in [-0.4, -0.2) is 23.9 Å². The molecule has 0 aromatic carbocycles. The maximum atomic E-state index is 11.2. The zero-order valence-electron chi connectivity index (χ0n) is 8.77. The van der Waals surface area contributed by atoms with Crippen LogP contribution in [0.1, 0.15) is 29.4 Å². The first-order chi connectivity index (χ1) is 7.24. The molecule has 1 saturated heterocycles. The molecule has 0 amide bonds. The molecule has 0 bridgehead atoms. The lowest BCUT2D eigenvalue weighted by atomic mass is 10.1. The van der Waals surface area contributed by atoms with Gasteiger partial charge in [-0.1, -0.05) is 11.3 Å². The van der Waals surface area contributed by atoms with Crippen LogP contribution < -0.4 is 4.90 Å². The second-order valence-electron chi connectivity index (χ2n) is 4.55. The second kappa shape index (κ2) is 3.30. The summed E-state index contributed by atoms with van der Waals surface area (Å²) in [5, 5.41) is 1.03. The standard InChI is InChI=1S/C11H14N2OS/c1-7(14)10-5-12-11(15-10)13-3-2-8-4-9(8)6-13/h5,8-9H,2-4,6H2,1H3. The van der Waals surface area contributed by atoms with Crippen molar-refractivity contribution < 1.29 is 4.79 Å². The van der Waals surface area contributed by atoms with E-state index in [-0.39, 0.29) is 5.78 Å². The van der Waals surface area contributed by atoms with Crippen LogP contribution in [-0.2, 0) is 0 Å². The topological polar surface area (TPSA) is 33.2 Å². The van der Waals surface area contributed by atoms with Gasteiger partial charge in [0, 0.05) is 20.0 Å². The van der Waals surface area contributed by atoms with Crippen LogP contribution in [0.5, 0.6) is 0 Å². The van der Waals surface area contributed by atoms with Gasteiger partial charge in [-0.15, -0.1) is 0 Å². The first kappa shape index (κ1) is 9.33. The van der Waals surface area contributed by atoms with Gasteiger partial charge in [0.2, 0.25) is 0 Å². The maximum absolute atomic E-state index is 11.2. The van der Waals surface area contributed by atoms with Gasteiger partial charge < -0.3 is 4.90 Å². The number of aromatic nitrogens is 1. The molecule has 80 valence electrons.